The van der Waals surface area contributed by atoms with Crippen LogP contribution in [-0.4, -0.2) is 36.7 Å². The number of rotatable bonds is 7. The molecule has 3 aromatic heterocycles. The molecule has 1 N–H and O–H groups in total. The Morgan fingerprint density at radius 2 is 1.97 bits per heavy atom. The van der Waals surface area contributed by atoms with Gasteiger partial charge in [0.05, 0.1) is 5.69 Å². The number of hydrogen-bond acceptors (Lipinski definition) is 4. The van der Waals surface area contributed by atoms with Crippen LogP contribution in [0.25, 0.3) is 22.4 Å². The second kappa shape index (κ2) is 9.17. The van der Waals surface area contributed by atoms with Crippen molar-refractivity contribution in [2.45, 2.75) is 58.8 Å². The summed E-state index contributed by atoms with van der Waals surface area (Å²) in [5.74, 6) is 0.845. The summed E-state index contributed by atoms with van der Waals surface area (Å²) in [6, 6.07) is 8.42. The maximum Gasteiger partial charge on any atom is 0.220 e. The number of fused-ring (bicyclic) bond motifs is 3. The van der Waals surface area contributed by atoms with Gasteiger partial charge in [-0.15, -0.1) is 10.2 Å². The van der Waals surface area contributed by atoms with Gasteiger partial charge < -0.3 is 5.32 Å². The van der Waals surface area contributed by atoms with E-state index in [1.807, 2.05) is 27.4 Å². The van der Waals surface area contributed by atoms with Crippen LogP contribution >= 0.6 is 0 Å². The van der Waals surface area contributed by atoms with Crippen molar-refractivity contribution in [1.82, 2.24) is 29.5 Å². The van der Waals surface area contributed by atoms with Crippen LogP contribution in [0.2, 0.25) is 0 Å². The molecule has 5 rings (SSSR count). The molecule has 4 aromatic rings. The molecule has 0 atom stereocenters. The van der Waals surface area contributed by atoms with E-state index in [1.54, 1.807) is 0 Å². The molecular formula is C26H30N6O. The van der Waals surface area contributed by atoms with E-state index < -0.39 is 0 Å². The van der Waals surface area contributed by atoms with Crippen molar-refractivity contribution in [2.75, 3.05) is 6.54 Å². The number of nitrogens with zero attached hydrogens (tertiary/aromatic N) is 5. The number of carbonyl (C=O) groups is 1. The number of hydrogen-bond donors (Lipinski definition) is 1. The van der Waals surface area contributed by atoms with E-state index in [9.17, 15) is 4.79 Å². The van der Waals surface area contributed by atoms with Crippen LogP contribution in [0.5, 0.6) is 0 Å². The van der Waals surface area contributed by atoms with E-state index in [4.69, 9.17) is 5.10 Å². The van der Waals surface area contributed by atoms with Gasteiger partial charge in [-0.3, -0.25) is 9.20 Å². The maximum absolute atomic E-state index is 12.3. The molecule has 1 aliphatic rings. The fourth-order valence-electron chi connectivity index (χ4n) is 4.48. The zero-order valence-corrected chi connectivity index (χ0v) is 19.3. The lowest BCUT2D eigenvalue weighted by Gasteiger charge is -2.12. The fourth-order valence-corrected chi connectivity index (χ4v) is 4.48. The topological polar surface area (TPSA) is 76.6 Å². The van der Waals surface area contributed by atoms with Crippen LogP contribution in [0.3, 0.4) is 0 Å². The third-order valence-electron chi connectivity index (χ3n) is 6.62. The Bertz CT molecular complexity index is 1350. The van der Waals surface area contributed by atoms with Crippen LogP contribution in [0.1, 0.15) is 55.5 Å². The Balaban J connectivity index is 1.27. The zero-order chi connectivity index (χ0) is 22.8. The summed E-state index contributed by atoms with van der Waals surface area (Å²) < 4.78 is 3.80. The average molecular weight is 443 g/mol. The molecule has 170 valence electrons. The first-order valence-corrected chi connectivity index (χ1v) is 11.8. The molecule has 1 amide bonds. The molecule has 1 aliphatic carbocycles. The summed E-state index contributed by atoms with van der Waals surface area (Å²) in [6.45, 7) is 4.93. The lowest BCUT2D eigenvalue weighted by atomic mass is 9.97. The van der Waals surface area contributed by atoms with Gasteiger partial charge in [0.25, 0.3) is 0 Å². The summed E-state index contributed by atoms with van der Waals surface area (Å²) in [7, 11) is 0. The highest BCUT2D eigenvalue weighted by Crippen LogP contribution is 2.24. The normalized spacial score (nSPS) is 14.1. The Hall–Kier alpha value is -3.48. The Morgan fingerprint density at radius 1 is 1.06 bits per heavy atom. The molecule has 0 unspecified atom stereocenters. The van der Waals surface area contributed by atoms with Crippen molar-refractivity contribution in [3.63, 3.8) is 0 Å². The van der Waals surface area contributed by atoms with Gasteiger partial charge in [-0.25, -0.2) is 4.52 Å². The number of carbonyl (C=O) groups excluding carboxylic acids is 1. The lowest BCUT2D eigenvalue weighted by molar-refractivity contribution is -0.121. The Labute approximate surface area is 193 Å². The molecule has 1 aromatic carbocycles. The first-order valence-electron chi connectivity index (χ1n) is 11.8. The predicted molar refractivity (Wildman–Crippen MR) is 129 cm³/mol. The molecule has 0 bridgehead atoms. The van der Waals surface area contributed by atoms with E-state index in [-0.39, 0.29) is 5.91 Å². The fraction of sp³-hybridized carbons (Fsp3) is 0.385. The van der Waals surface area contributed by atoms with Crippen molar-refractivity contribution < 1.29 is 4.79 Å². The SMILES string of the molecule is Cc1ccc(-c2cc3c4nnc(CCC(=O)NCCC5=CCCCC5)n4ccn3n2)cc1C. The van der Waals surface area contributed by atoms with Crippen molar-refractivity contribution in [3.05, 3.63) is 65.3 Å². The highest BCUT2D eigenvalue weighted by atomic mass is 16.1. The van der Waals surface area contributed by atoms with E-state index >= 15 is 0 Å². The largest absolute Gasteiger partial charge is 0.356 e. The van der Waals surface area contributed by atoms with E-state index in [0.29, 0.717) is 19.4 Å². The average Bonchev–Trinajstić information content (AvgIpc) is 3.44. The number of aromatic nitrogens is 5. The molecule has 3 heterocycles. The van der Waals surface area contributed by atoms with Gasteiger partial charge in [0.1, 0.15) is 11.3 Å². The first kappa shape index (κ1) is 21.4. The monoisotopic (exact) mass is 442 g/mol. The van der Waals surface area contributed by atoms with Gasteiger partial charge in [0.2, 0.25) is 5.91 Å². The molecule has 0 saturated carbocycles. The zero-order valence-electron chi connectivity index (χ0n) is 19.3. The van der Waals surface area contributed by atoms with Gasteiger partial charge in [0.15, 0.2) is 5.65 Å². The van der Waals surface area contributed by atoms with Gasteiger partial charge >= 0.3 is 0 Å². The van der Waals surface area contributed by atoms with E-state index in [0.717, 1.165) is 34.7 Å². The van der Waals surface area contributed by atoms with Gasteiger partial charge in [-0.2, -0.15) is 5.10 Å². The summed E-state index contributed by atoms with van der Waals surface area (Å²) in [4.78, 5) is 12.3. The van der Waals surface area contributed by atoms with Crippen molar-refractivity contribution in [1.29, 1.82) is 0 Å². The Kier molecular flexibility index (Phi) is 5.94. The summed E-state index contributed by atoms with van der Waals surface area (Å²) in [5, 5.41) is 16.5. The molecule has 0 fully saturated rings. The second-order valence-corrected chi connectivity index (χ2v) is 8.97. The van der Waals surface area contributed by atoms with Crippen LogP contribution in [0, 0.1) is 13.8 Å². The van der Waals surface area contributed by atoms with Crippen LogP contribution < -0.4 is 5.32 Å². The third kappa shape index (κ3) is 4.53. The summed E-state index contributed by atoms with van der Waals surface area (Å²) in [6.07, 6.45) is 13.0. The maximum atomic E-state index is 12.3. The van der Waals surface area contributed by atoms with Crippen molar-refractivity contribution in [3.8, 4) is 11.3 Å². The smallest absolute Gasteiger partial charge is 0.220 e. The summed E-state index contributed by atoms with van der Waals surface area (Å²) in [5.41, 5.74) is 7.63. The number of benzene rings is 1. The van der Waals surface area contributed by atoms with Crippen molar-refractivity contribution in [2.24, 2.45) is 0 Å². The minimum Gasteiger partial charge on any atom is -0.356 e. The Morgan fingerprint density at radius 3 is 2.79 bits per heavy atom. The number of nitrogens with one attached hydrogen (secondary N) is 1. The molecule has 7 heteroatoms. The van der Waals surface area contributed by atoms with E-state index in [1.165, 1.54) is 42.4 Å². The quantitative estimate of drug-likeness (QED) is 0.425. The second-order valence-electron chi connectivity index (χ2n) is 8.97. The van der Waals surface area contributed by atoms with Gasteiger partial charge in [-0.05, 0) is 69.2 Å². The highest BCUT2D eigenvalue weighted by molar-refractivity contribution is 5.77. The van der Waals surface area contributed by atoms with E-state index in [2.05, 4.69) is 53.6 Å². The van der Waals surface area contributed by atoms with Crippen molar-refractivity contribution >= 4 is 17.1 Å². The molecule has 7 nitrogen and oxygen atoms in total. The predicted octanol–water partition coefficient (Wildman–Crippen LogP) is 4.60. The van der Waals surface area contributed by atoms with Crippen LogP contribution in [-0.2, 0) is 11.2 Å². The van der Waals surface area contributed by atoms with Crippen LogP contribution in [0.4, 0.5) is 0 Å². The van der Waals surface area contributed by atoms with Crippen LogP contribution in [0.15, 0.2) is 48.3 Å². The first-order chi connectivity index (χ1) is 16.1. The molecule has 33 heavy (non-hydrogen) atoms. The molecule has 0 spiro atoms. The molecular weight excluding hydrogens is 412 g/mol. The molecule has 0 saturated heterocycles. The van der Waals surface area contributed by atoms with Gasteiger partial charge in [-0.1, -0.05) is 23.8 Å². The number of amides is 1. The standard InChI is InChI=1S/C26H30N6O/c1-18-8-9-21(16-19(18)2)22-17-23-26-29-28-24(31(26)14-15-32(23)30-22)10-11-25(33)27-13-12-20-6-4-3-5-7-20/h6,8-9,14-17H,3-5,7,10-13H2,1-2H3,(H,27,33). The van der Waals surface area contributed by atoms with Gasteiger partial charge in [0, 0.05) is 37.3 Å². The number of aryl methyl sites for hydroxylation is 3. The third-order valence-corrected chi connectivity index (χ3v) is 6.62. The molecule has 0 radical (unpaired) electrons. The highest BCUT2D eigenvalue weighted by Gasteiger charge is 2.14. The minimum atomic E-state index is 0.0608. The number of allylic oxidation sites excluding steroid dienone is 1. The summed E-state index contributed by atoms with van der Waals surface area (Å²) >= 11 is 0. The lowest BCUT2D eigenvalue weighted by Crippen LogP contribution is -2.25. The minimum absolute atomic E-state index is 0.0608. The molecule has 0 aliphatic heterocycles.